The maximum Gasteiger partial charge on any atom is 0.264 e. The van der Waals surface area contributed by atoms with E-state index >= 15 is 0 Å². The second-order valence-electron chi connectivity index (χ2n) is 7.44. The molecule has 1 fully saturated rings. The molecule has 7 heteroatoms. The van der Waals surface area contributed by atoms with Gasteiger partial charge in [0, 0.05) is 23.8 Å². The molecule has 2 N–H and O–H groups in total. The summed E-state index contributed by atoms with van der Waals surface area (Å²) in [6.07, 6.45) is 3.62. The minimum Gasteiger partial charge on any atom is -0.381 e. The van der Waals surface area contributed by atoms with E-state index in [0.29, 0.717) is 27.3 Å². The molecule has 0 radical (unpaired) electrons. The lowest BCUT2D eigenvalue weighted by Crippen LogP contribution is -2.19. The molecule has 0 unspecified atom stereocenters. The normalized spacial score (nSPS) is 15.8. The zero-order valence-corrected chi connectivity index (χ0v) is 19.0. The first-order valence-corrected chi connectivity index (χ1v) is 11.6. The highest BCUT2D eigenvalue weighted by Gasteiger charge is 2.24. The van der Waals surface area contributed by atoms with Gasteiger partial charge >= 0.3 is 0 Å². The van der Waals surface area contributed by atoms with Crippen LogP contribution < -0.4 is 10.6 Å². The van der Waals surface area contributed by atoms with Crippen molar-refractivity contribution in [2.24, 2.45) is 4.99 Å². The fourth-order valence-corrected chi connectivity index (χ4v) is 4.43. The summed E-state index contributed by atoms with van der Waals surface area (Å²) >= 11 is 7.67. The van der Waals surface area contributed by atoms with Crippen molar-refractivity contribution in [2.45, 2.75) is 6.54 Å². The molecule has 1 aromatic heterocycles. The Kier molecular flexibility index (Phi) is 6.11. The number of amidine groups is 1. The van der Waals surface area contributed by atoms with Crippen molar-refractivity contribution in [2.75, 3.05) is 5.32 Å². The van der Waals surface area contributed by atoms with Crippen LogP contribution in [0.5, 0.6) is 0 Å². The largest absolute Gasteiger partial charge is 0.381 e. The third-order valence-corrected chi connectivity index (χ3v) is 6.31. The minimum absolute atomic E-state index is 0.181. The number of hydrogen-bond acceptors (Lipinski definition) is 5. The molecular weight excluding hydrogens is 452 g/mol. The maximum atomic E-state index is 12.5. The van der Waals surface area contributed by atoms with Crippen LogP contribution in [0.15, 0.2) is 95.0 Å². The van der Waals surface area contributed by atoms with Crippen molar-refractivity contribution < 1.29 is 4.79 Å². The van der Waals surface area contributed by atoms with E-state index in [4.69, 9.17) is 11.6 Å². The Morgan fingerprint density at radius 2 is 1.91 bits per heavy atom. The standard InChI is InChI=1S/C26H19ClN4OS/c27-21-10-9-20(29-16-17-5-2-1-3-6-17)15-23(21)30-26-31-25(32)24(33-26)14-18-8-11-22-19(13-18)7-4-12-28-22/h1-15,29H,16H2,(H,30,31,32)/b24-14-. The second kappa shape index (κ2) is 9.48. The molecule has 162 valence electrons. The Bertz CT molecular complexity index is 1400. The monoisotopic (exact) mass is 470 g/mol. The molecule has 4 aromatic rings. The number of carbonyl (C=O) groups is 1. The van der Waals surface area contributed by atoms with Gasteiger partial charge in [-0.2, -0.15) is 0 Å². The summed E-state index contributed by atoms with van der Waals surface area (Å²) in [7, 11) is 0. The third-order valence-electron chi connectivity index (χ3n) is 5.08. The van der Waals surface area contributed by atoms with Crippen molar-refractivity contribution in [3.8, 4) is 0 Å². The quantitative estimate of drug-likeness (QED) is 0.331. The summed E-state index contributed by atoms with van der Waals surface area (Å²) in [5.41, 5.74) is 4.52. The van der Waals surface area contributed by atoms with Crippen molar-refractivity contribution in [1.29, 1.82) is 0 Å². The zero-order chi connectivity index (χ0) is 22.6. The van der Waals surface area contributed by atoms with Gasteiger partial charge in [-0.25, -0.2) is 4.99 Å². The van der Waals surface area contributed by atoms with E-state index in [2.05, 4.69) is 32.7 Å². The van der Waals surface area contributed by atoms with Crippen LogP contribution in [-0.4, -0.2) is 16.1 Å². The van der Waals surface area contributed by atoms with Gasteiger partial charge in [-0.15, -0.1) is 0 Å². The number of nitrogens with zero attached hydrogens (tertiary/aromatic N) is 2. The highest BCUT2D eigenvalue weighted by molar-refractivity contribution is 8.18. The van der Waals surface area contributed by atoms with Gasteiger partial charge < -0.3 is 10.6 Å². The molecule has 3 aromatic carbocycles. The first kappa shape index (κ1) is 21.2. The summed E-state index contributed by atoms with van der Waals surface area (Å²) in [6.45, 7) is 0.693. The molecular formula is C26H19ClN4OS. The van der Waals surface area contributed by atoms with E-state index in [1.807, 2.05) is 66.7 Å². The van der Waals surface area contributed by atoms with Crippen molar-refractivity contribution >= 4 is 62.8 Å². The van der Waals surface area contributed by atoms with E-state index < -0.39 is 0 Å². The van der Waals surface area contributed by atoms with Crippen molar-refractivity contribution in [3.63, 3.8) is 0 Å². The van der Waals surface area contributed by atoms with E-state index in [9.17, 15) is 4.79 Å². The summed E-state index contributed by atoms with van der Waals surface area (Å²) < 4.78 is 0. The smallest absolute Gasteiger partial charge is 0.264 e. The average molecular weight is 471 g/mol. The number of benzene rings is 3. The lowest BCUT2D eigenvalue weighted by atomic mass is 10.1. The van der Waals surface area contributed by atoms with Gasteiger partial charge in [0.05, 0.1) is 21.1 Å². The number of aromatic nitrogens is 1. The molecule has 0 atom stereocenters. The fourth-order valence-electron chi connectivity index (χ4n) is 3.43. The van der Waals surface area contributed by atoms with Crippen LogP contribution in [0.1, 0.15) is 11.1 Å². The second-order valence-corrected chi connectivity index (χ2v) is 8.88. The number of hydrogen-bond donors (Lipinski definition) is 2. The predicted molar refractivity (Wildman–Crippen MR) is 138 cm³/mol. The van der Waals surface area contributed by atoms with Crippen LogP contribution in [0.2, 0.25) is 5.02 Å². The molecule has 0 aliphatic carbocycles. The SMILES string of the molecule is O=C1NC(=Nc2cc(NCc3ccccc3)ccc2Cl)S/C1=C\c1ccc2ncccc2c1. The Labute approximate surface area is 200 Å². The topological polar surface area (TPSA) is 66.4 Å². The fraction of sp³-hybridized carbons (Fsp3) is 0.0385. The molecule has 0 spiro atoms. The van der Waals surface area contributed by atoms with Crippen LogP contribution >= 0.6 is 23.4 Å². The lowest BCUT2D eigenvalue weighted by molar-refractivity contribution is -0.115. The minimum atomic E-state index is -0.181. The van der Waals surface area contributed by atoms with Crippen molar-refractivity contribution in [1.82, 2.24) is 10.3 Å². The maximum absolute atomic E-state index is 12.5. The van der Waals surface area contributed by atoms with Gasteiger partial charge in [0.15, 0.2) is 5.17 Å². The number of amides is 1. The van der Waals surface area contributed by atoms with Crippen LogP contribution in [0.25, 0.3) is 17.0 Å². The first-order valence-electron chi connectivity index (χ1n) is 10.4. The summed E-state index contributed by atoms with van der Waals surface area (Å²) in [4.78, 5) is 22.0. The number of anilines is 1. The van der Waals surface area contributed by atoms with Crippen LogP contribution in [0.4, 0.5) is 11.4 Å². The number of thioether (sulfide) groups is 1. The molecule has 5 rings (SSSR count). The summed E-state index contributed by atoms with van der Waals surface area (Å²) in [5.74, 6) is -0.181. The van der Waals surface area contributed by atoms with E-state index in [1.165, 1.54) is 17.3 Å². The molecule has 0 bridgehead atoms. The molecule has 33 heavy (non-hydrogen) atoms. The zero-order valence-electron chi connectivity index (χ0n) is 17.5. The Balaban J connectivity index is 1.34. The van der Waals surface area contributed by atoms with Gasteiger partial charge in [-0.3, -0.25) is 9.78 Å². The van der Waals surface area contributed by atoms with E-state index in [1.54, 1.807) is 12.3 Å². The van der Waals surface area contributed by atoms with Gasteiger partial charge in [0.1, 0.15) is 0 Å². The van der Waals surface area contributed by atoms with Gasteiger partial charge in [0.2, 0.25) is 0 Å². The molecule has 1 amide bonds. The highest BCUT2D eigenvalue weighted by atomic mass is 35.5. The van der Waals surface area contributed by atoms with Crippen LogP contribution in [-0.2, 0) is 11.3 Å². The molecule has 1 aliphatic rings. The molecule has 2 heterocycles. The first-order chi connectivity index (χ1) is 16.1. The molecule has 1 saturated heterocycles. The Morgan fingerprint density at radius 3 is 2.79 bits per heavy atom. The van der Waals surface area contributed by atoms with Crippen LogP contribution in [0, 0.1) is 0 Å². The van der Waals surface area contributed by atoms with Crippen molar-refractivity contribution in [3.05, 3.63) is 106 Å². The number of fused-ring (bicyclic) bond motifs is 1. The van der Waals surface area contributed by atoms with Gasteiger partial charge in [0.25, 0.3) is 5.91 Å². The van der Waals surface area contributed by atoms with Gasteiger partial charge in [-0.1, -0.05) is 54.1 Å². The Morgan fingerprint density at radius 1 is 1.03 bits per heavy atom. The summed E-state index contributed by atoms with van der Waals surface area (Å²) in [6, 6.07) is 25.5. The average Bonchev–Trinajstić information content (AvgIpc) is 3.18. The third kappa shape index (κ3) is 5.08. The Hall–Kier alpha value is -3.61. The van der Waals surface area contributed by atoms with Crippen LogP contribution in [0.3, 0.4) is 0 Å². The summed E-state index contributed by atoms with van der Waals surface area (Å²) in [5, 5.41) is 8.24. The number of nitrogens with one attached hydrogen (secondary N) is 2. The molecule has 1 aliphatic heterocycles. The molecule has 5 nitrogen and oxygen atoms in total. The highest BCUT2D eigenvalue weighted by Crippen LogP contribution is 2.33. The number of carbonyl (C=O) groups excluding carboxylic acids is 1. The predicted octanol–water partition coefficient (Wildman–Crippen LogP) is 6.39. The number of aliphatic imine (C=N–C) groups is 1. The lowest BCUT2D eigenvalue weighted by Gasteiger charge is -2.08. The van der Waals surface area contributed by atoms with Gasteiger partial charge in [-0.05, 0) is 65.4 Å². The number of pyridine rings is 1. The van der Waals surface area contributed by atoms with E-state index in [-0.39, 0.29) is 5.91 Å². The molecule has 0 saturated carbocycles. The number of halogens is 1. The number of rotatable bonds is 5. The van der Waals surface area contributed by atoms with E-state index in [0.717, 1.165) is 22.2 Å².